The molecule has 0 fully saturated rings. The summed E-state index contributed by atoms with van der Waals surface area (Å²) >= 11 is 6.16. The van der Waals surface area contributed by atoms with E-state index in [-0.39, 0.29) is 38.6 Å². The van der Waals surface area contributed by atoms with Gasteiger partial charge in [-0.3, -0.25) is 6.08 Å². The van der Waals surface area contributed by atoms with Crippen LogP contribution in [-0.2, 0) is 32.7 Å². The molecular formula is C16H16ClY+2. The third-order valence-corrected chi connectivity index (χ3v) is 3.60. The van der Waals surface area contributed by atoms with Crippen molar-refractivity contribution >= 4 is 11.6 Å². The van der Waals surface area contributed by atoms with Gasteiger partial charge in [0, 0.05) is 10.9 Å². The van der Waals surface area contributed by atoms with Crippen LogP contribution in [0.15, 0.2) is 48.6 Å². The smallest absolute Gasteiger partial charge is 0.517 e. The molecule has 2 rings (SSSR count). The fourth-order valence-electron chi connectivity index (χ4n) is 2.13. The van der Waals surface area contributed by atoms with Crippen LogP contribution in [0.25, 0.3) is 0 Å². The van der Waals surface area contributed by atoms with Gasteiger partial charge in [0.1, 0.15) is 0 Å². The zero-order valence-electron chi connectivity index (χ0n) is 10.5. The first-order valence-corrected chi connectivity index (χ1v) is 6.24. The Bertz CT molecular complexity index is 462. The SMILES string of the molecule is [CH-]=CC(c1ccc(C)c(Cl)c1)C1C=CCC=C1.[Y+3]. The molecule has 0 heterocycles. The zero-order chi connectivity index (χ0) is 12.3. The van der Waals surface area contributed by atoms with Crippen molar-refractivity contribution in [2.24, 2.45) is 5.92 Å². The normalized spacial score (nSPS) is 16.1. The van der Waals surface area contributed by atoms with Crippen molar-refractivity contribution in [3.63, 3.8) is 0 Å². The number of allylic oxidation sites excluding steroid dienone is 5. The maximum absolute atomic E-state index is 6.16. The number of halogens is 1. The summed E-state index contributed by atoms with van der Waals surface area (Å²) in [5.41, 5.74) is 2.27. The maximum Gasteiger partial charge on any atom is 3.00 e. The third kappa shape index (κ3) is 3.66. The Labute approximate surface area is 140 Å². The van der Waals surface area contributed by atoms with E-state index < -0.39 is 0 Å². The molecule has 18 heavy (non-hydrogen) atoms. The standard InChI is InChI=1S/C16H16Cl.Y/c1-3-15(13-7-5-4-6-8-13)14-10-9-12(2)16(17)11-14;/h1,3,5-11,13,15H,4H2,2H3;/q-1;+3. The Morgan fingerprint density at radius 3 is 2.56 bits per heavy atom. The number of aryl methyl sites for hydroxylation is 1. The van der Waals surface area contributed by atoms with Gasteiger partial charge in [-0.1, -0.05) is 48.0 Å². The van der Waals surface area contributed by atoms with Gasteiger partial charge in [0.2, 0.25) is 0 Å². The molecule has 0 aliphatic heterocycles. The monoisotopic (exact) mass is 332 g/mol. The van der Waals surface area contributed by atoms with Crippen molar-refractivity contribution in [1.29, 1.82) is 0 Å². The largest absolute Gasteiger partial charge is 3.00 e. The minimum atomic E-state index is 0. The third-order valence-electron chi connectivity index (χ3n) is 3.19. The van der Waals surface area contributed by atoms with Crippen LogP contribution in [0.2, 0.25) is 5.02 Å². The van der Waals surface area contributed by atoms with Gasteiger partial charge in [-0.25, -0.2) is 0 Å². The van der Waals surface area contributed by atoms with E-state index in [1.54, 1.807) is 6.08 Å². The van der Waals surface area contributed by atoms with E-state index in [0.717, 1.165) is 17.0 Å². The van der Waals surface area contributed by atoms with Crippen LogP contribution in [0.5, 0.6) is 0 Å². The van der Waals surface area contributed by atoms with E-state index in [4.69, 9.17) is 18.2 Å². The van der Waals surface area contributed by atoms with Crippen molar-refractivity contribution < 1.29 is 32.7 Å². The molecule has 0 radical (unpaired) electrons. The molecule has 0 bridgehead atoms. The summed E-state index contributed by atoms with van der Waals surface area (Å²) in [6.45, 7) is 7.80. The van der Waals surface area contributed by atoms with Gasteiger partial charge < -0.3 is 6.58 Å². The fourth-order valence-corrected chi connectivity index (χ4v) is 2.32. The van der Waals surface area contributed by atoms with Crippen molar-refractivity contribution in [1.82, 2.24) is 0 Å². The van der Waals surface area contributed by atoms with Crippen molar-refractivity contribution in [3.05, 3.63) is 71.3 Å². The minimum Gasteiger partial charge on any atom is -0.517 e. The summed E-state index contributed by atoms with van der Waals surface area (Å²) in [6, 6.07) is 6.16. The number of hydrogen-bond donors (Lipinski definition) is 0. The van der Waals surface area contributed by atoms with E-state index in [1.165, 1.54) is 5.56 Å². The quantitative estimate of drug-likeness (QED) is 0.548. The molecule has 2 heteroatoms. The first-order valence-electron chi connectivity index (χ1n) is 5.87. The zero-order valence-corrected chi connectivity index (χ0v) is 14.1. The number of benzene rings is 1. The van der Waals surface area contributed by atoms with Crippen LogP contribution >= 0.6 is 11.6 Å². The van der Waals surface area contributed by atoms with Crippen molar-refractivity contribution in [2.75, 3.05) is 0 Å². The summed E-state index contributed by atoms with van der Waals surface area (Å²) in [5, 5.41) is 0.804. The van der Waals surface area contributed by atoms with Crippen LogP contribution in [-0.4, -0.2) is 0 Å². The summed E-state index contributed by atoms with van der Waals surface area (Å²) in [6.07, 6.45) is 11.5. The van der Waals surface area contributed by atoms with Crippen LogP contribution < -0.4 is 0 Å². The average molecular weight is 333 g/mol. The van der Waals surface area contributed by atoms with Gasteiger partial charge >= 0.3 is 32.7 Å². The Balaban J connectivity index is 0.00000162. The summed E-state index contributed by atoms with van der Waals surface area (Å²) < 4.78 is 0. The second kappa shape index (κ2) is 7.43. The summed E-state index contributed by atoms with van der Waals surface area (Å²) in [5.74, 6) is 0.536. The van der Waals surface area contributed by atoms with Gasteiger partial charge in [0.05, 0.1) is 0 Å². The van der Waals surface area contributed by atoms with Crippen LogP contribution in [0.3, 0.4) is 0 Å². The first kappa shape index (κ1) is 15.9. The Morgan fingerprint density at radius 1 is 1.33 bits per heavy atom. The molecule has 1 aromatic rings. The van der Waals surface area contributed by atoms with Gasteiger partial charge in [0.15, 0.2) is 0 Å². The molecule has 1 aliphatic carbocycles. The van der Waals surface area contributed by atoms with E-state index in [2.05, 4.69) is 30.4 Å². The molecule has 0 nitrogen and oxygen atoms in total. The summed E-state index contributed by atoms with van der Waals surface area (Å²) in [4.78, 5) is 0. The molecule has 0 saturated heterocycles. The van der Waals surface area contributed by atoms with Gasteiger partial charge in [0.25, 0.3) is 0 Å². The topological polar surface area (TPSA) is 0 Å². The molecule has 0 N–H and O–H groups in total. The van der Waals surface area contributed by atoms with E-state index in [1.807, 2.05) is 19.1 Å². The predicted molar refractivity (Wildman–Crippen MR) is 74.2 cm³/mol. The van der Waals surface area contributed by atoms with Gasteiger partial charge in [-0.05, 0) is 36.5 Å². The predicted octanol–water partition coefficient (Wildman–Crippen LogP) is 4.85. The van der Waals surface area contributed by atoms with Crippen LogP contribution in [0, 0.1) is 19.4 Å². The Kier molecular flexibility index (Phi) is 6.56. The van der Waals surface area contributed by atoms with Gasteiger partial charge in [-0.2, -0.15) is 0 Å². The molecule has 0 saturated carbocycles. The van der Waals surface area contributed by atoms with E-state index in [9.17, 15) is 0 Å². The molecule has 1 aliphatic rings. The molecule has 1 aromatic carbocycles. The molecular weight excluding hydrogens is 317 g/mol. The number of rotatable bonds is 3. The molecule has 0 aromatic heterocycles. The van der Waals surface area contributed by atoms with E-state index >= 15 is 0 Å². The molecule has 1 unspecified atom stereocenters. The second-order valence-corrected chi connectivity index (χ2v) is 4.80. The average Bonchev–Trinajstić information content (AvgIpc) is 2.36. The molecule has 88 valence electrons. The van der Waals surface area contributed by atoms with Crippen LogP contribution in [0.4, 0.5) is 0 Å². The fraction of sp³-hybridized carbons (Fsp3) is 0.250. The van der Waals surface area contributed by atoms with Gasteiger partial charge in [-0.15, -0.1) is 0 Å². The molecule has 0 amide bonds. The first-order chi connectivity index (χ1) is 8.22. The summed E-state index contributed by atoms with van der Waals surface area (Å²) in [7, 11) is 0. The van der Waals surface area contributed by atoms with Crippen molar-refractivity contribution in [2.45, 2.75) is 19.3 Å². The van der Waals surface area contributed by atoms with Crippen LogP contribution in [0.1, 0.15) is 23.5 Å². The molecule has 1 atom stereocenters. The molecule has 0 spiro atoms. The van der Waals surface area contributed by atoms with E-state index in [0.29, 0.717) is 5.92 Å². The Morgan fingerprint density at radius 2 is 2.00 bits per heavy atom. The minimum absolute atomic E-state index is 0. The second-order valence-electron chi connectivity index (χ2n) is 4.40. The Hall–Kier alpha value is -0.166. The number of hydrogen-bond acceptors (Lipinski definition) is 0. The maximum atomic E-state index is 6.16. The van der Waals surface area contributed by atoms with Crippen molar-refractivity contribution in [3.8, 4) is 0 Å².